The van der Waals surface area contributed by atoms with Crippen LogP contribution >= 0.6 is 23.8 Å². The number of aryl methyl sites for hydroxylation is 1. The van der Waals surface area contributed by atoms with Gasteiger partial charge in [-0.2, -0.15) is 0 Å². The number of hydrogen-bond donors (Lipinski definition) is 3. The van der Waals surface area contributed by atoms with Crippen molar-refractivity contribution in [1.29, 1.82) is 0 Å². The van der Waals surface area contributed by atoms with E-state index in [1.165, 1.54) is 11.1 Å². The van der Waals surface area contributed by atoms with Gasteiger partial charge in [-0.25, -0.2) is 5.32 Å². The Bertz CT molecular complexity index is 920. The van der Waals surface area contributed by atoms with Crippen molar-refractivity contribution >= 4 is 40.5 Å². The van der Waals surface area contributed by atoms with E-state index in [0.29, 0.717) is 16.7 Å². The first-order valence-electron chi connectivity index (χ1n) is 8.65. The monoisotopic (exact) mass is 394 g/mol. The largest absolute Gasteiger partial charge is 0.313 e. The number of amidine groups is 1. The Labute approximate surface area is 170 Å². The van der Waals surface area contributed by atoms with Crippen LogP contribution in [0, 0.1) is 6.92 Å². The average molecular weight is 395 g/mol. The summed E-state index contributed by atoms with van der Waals surface area (Å²) >= 11 is 11.4. The van der Waals surface area contributed by atoms with Crippen LogP contribution in [0.25, 0.3) is 0 Å². The van der Waals surface area contributed by atoms with Crippen molar-refractivity contribution in [1.82, 2.24) is 5.32 Å². The quantitative estimate of drug-likeness (QED) is 0.359. The molecule has 0 unspecified atom stereocenters. The van der Waals surface area contributed by atoms with Gasteiger partial charge in [0.1, 0.15) is 6.54 Å². The zero-order chi connectivity index (χ0) is 19.1. The molecular weight excluding hydrogens is 374 g/mol. The molecule has 0 aliphatic heterocycles. The summed E-state index contributed by atoms with van der Waals surface area (Å²) in [6, 6.07) is 26.0. The number of thiocarbonyl (C=S) groups is 1. The Balaban J connectivity index is 1.77. The molecule has 0 saturated heterocycles. The van der Waals surface area contributed by atoms with E-state index in [9.17, 15) is 0 Å². The van der Waals surface area contributed by atoms with Crippen molar-refractivity contribution in [2.45, 2.75) is 13.5 Å². The molecule has 0 bridgehead atoms. The molecule has 0 spiro atoms. The van der Waals surface area contributed by atoms with Gasteiger partial charge in [-0.15, -0.1) is 0 Å². The van der Waals surface area contributed by atoms with Crippen molar-refractivity contribution in [3.63, 3.8) is 0 Å². The first-order chi connectivity index (χ1) is 13.1. The predicted octanol–water partition coefficient (Wildman–Crippen LogP) is 3.66. The molecule has 0 aliphatic rings. The minimum absolute atomic E-state index is 0.508. The topological polar surface area (TPSA) is 38.0 Å². The van der Waals surface area contributed by atoms with E-state index in [0.717, 1.165) is 17.1 Å². The summed E-state index contributed by atoms with van der Waals surface area (Å²) in [5.74, 6) is 0.852. The molecule has 5 heteroatoms. The minimum atomic E-state index is 0.508. The van der Waals surface area contributed by atoms with Crippen molar-refractivity contribution in [3.8, 4) is 0 Å². The Morgan fingerprint density at radius 2 is 1.59 bits per heavy atom. The number of halogens is 1. The van der Waals surface area contributed by atoms with Crippen LogP contribution in [0.1, 0.15) is 16.7 Å². The molecule has 0 saturated carbocycles. The molecule has 136 valence electrons. The predicted molar refractivity (Wildman–Crippen MR) is 117 cm³/mol. The van der Waals surface area contributed by atoms with Crippen LogP contribution in [0.2, 0.25) is 5.02 Å². The molecule has 0 aliphatic carbocycles. The highest BCUT2D eigenvalue weighted by Gasteiger charge is 2.13. The highest BCUT2D eigenvalue weighted by Crippen LogP contribution is 2.13. The lowest BCUT2D eigenvalue weighted by Gasteiger charge is -2.08. The zero-order valence-electron chi connectivity index (χ0n) is 15.0. The summed E-state index contributed by atoms with van der Waals surface area (Å²) < 4.78 is 0. The number of anilines is 1. The third-order valence-corrected chi connectivity index (χ3v) is 4.45. The Kier molecular flexibility index (Phi) is 6.58. The fourth-order valence-electron chi connectivity index (χ4n) is 2.53. The molecule has 0 aromatic heterocycles. The molecule has 0 fully saturated rings. The number of benzene rings is 3. The van der Waals surface area contributed by atoms with E-state index in [2.05, 4.69) is 58.9 Å². The van der Waals surface area contributed by atoms with Crippen molar-refractivity contribution in [3.05, 3.63) is 101 Å². The van der Waals surface area contributed by atoms with Gasteiger partial charge in [-0.1, -0.05) is 59.6 Å². The van der Waals surface area contributed by atoms with Gasteiger partial charge in [-0.05, 0) is 61.1 Å². The van der Waals surface area contributed by atoms with Gasteiger partial charge in [0.15, 0.2) is 0 Å². The van der Waals surface area contributed by atoms with Crippen LogP contribution in [-0.4, -0.2) is 10.9 Å². The highest BCUT2D eigenvalue weighted by molar-refractivity contribution is 7.80. The minimum Gasteiger partial charge on any atom is -0.313 e. The maximum absolute atomic E-state index is 5.93. The lowest BCUT2D eigenvalue weighted by atomic mass is 10.1. The fourth-order valence-corrected chi connectivity index (χ4v) is 2.88. The molecule has 3 rings (SSSR count). The van der Waals surface area contributed by atoms with Gasteiger partial charge in [0.05, 0.1) is 5.56 Å². The van der Waals surface area contributed by atoms with Gasteiger partial charge < -0.3 is 5.32 Å². The van der Waals surface area contributed by atoms with Crippen LogP contribution in [0.3, 0.4) is 0 Å². The molecule has 3 aromatic carbocycles. The van der Waals surface area contributed by atoms with Crippen molar-refractivity contribution in [2.24, 2.45) is 0 Å². The summed E-state index contributed by atoms with van der Waals surface area (Å²) in [6.45, 7) is 2.77. The van der Waals surface area contributed by atoms with Gasteiger partial charge in [0.25, 0.3) is 10.9 Å². The van der Waals surface area contributed by atoms with Crippen LogP contribution in [-0.2, 0) is 6.54 Å². The summed E-state index contributed by atoms with van der Waals surface area (Å²) in [5, 5.41) is 7.66. The van der Waals surface area contributed by atoms with Crippen LogP contribution in [0.15, 0.2) is 78.9 Å². The van der Waals surface area contributed by atoms with E-state index in [-0.39, 0.29) is 0 Å². The summed E-state index contributed by atoms with van der Waals surface area (Å²) in [5.41, 5.74) is 4.32. The molecule has 0 radical (unpaired) electrons. The van der Waals surface area contributed by atoms with E-state index in [1.54, 1.807) is 0 Å². The molecule has 27 heavy (non-hydrogen) atoms. The van der Waals surface area contributed by atoms with Gasteiger partial charge in [0.2, 0.25) is 0 Å². The van der Waals surface area contributed by atoms with E-state index in [4.69, 9.17) is 23.8 Å². The Morgan fingerprint density at radius 3 is 2.26 bits per heavy atom. The Hall–Kier alpha value is -2.69. The van der Waals surface area contributed by atoms with E-state index in [1.807, 2.05) is 42.5 Å². The average Bonchev–Trinajstić information content (AvgIpc) is 2.68. The van der Waals surface area contributed by atoms with E-state index >= 15 is 0 Å². The summed E-state index contributed by atoms with van der Waals surface area (Å²) in [7, 11) is 0. The van der Waals surface area contributed by atoms with Crippen molar-refractivity contribution in [2.75, 3.05) is 5.32 Å². The lowest BCUT2D eigenvalue weighted by Crippen LogP contribution is -2.75. The molecule has 0 atom stereocenters. The summed E-state index contributed by atoms with van der Waals surface area (Å²) in [4.78, 5) is 3.45. The maximum atomic E-state index is 5.93. The van der Waals surface area contributed by atoms with Gasteiger partial charge >= 0.3 is 0 Å². The van der Waals surface area contributed by atoms with Crippen LogP contribution < -0.4 is 15.6 Å². The van der Waals surface area contributed by atoms with Crippen LogP contribution in [0.4, 0.5) is 5.69 Å². The highest BCUT2D eigenvalue weighted by atomic mass is 35.5. The number of hydrogen-bond acceptors (Lipinski definition) is 1. The molecule has 3 N–H and O–H groups in total. The zero-order valence-corrected chi connectivity index (χ0v) is 16.6. The second-order valence-corrected chi connectivity index (χ2v) is 7.01. The molecule has 0 amide bonds. The number of nitrogens with one attached hydrogen (secondary N) is 3. The smallest absolute Gasteiger partial charge is 0.282 e. The molecule has 3 aromatic rings. The third kappa shape index (κ3) is 5.91. The first kappa shape index (κ1) is 19.1. The fraction of sp³-hybridized carbons (Fsp3) is 0.0909. The normalized spacial score (nSPS) is 11.1. The van der Waals surface area contributed by atoms with E-state index < -0.39 is 0 Å². The summed E-state index contributed by atoms with van der Waals surface area (Å²) in [6.07, 6.45) is 0. The van der Waals surface area contributed by atoms with Crippen molar-refractivity contribution < 1.29 is 4.99 Å². The van der Waals surface area contributed by atoms with Gasteiger partial charge in [0, 0.05) is 10.7 Å². The third-order valence-electron chi connectivity index (χ3n) is 3.99. The molecular formula is C22H21ClN3S+. The second kappa shape index (κ2) is 9.31. The second-order valence-electron chi connectivity index (χ2n) is 6.17. The van der Waals surface area contributed by atoms with Crippen LogP contribution in [0.5, 0.6) is 0 Å². The lowest BCUT2D eigenvalue weighted by molar-refractivity contribution is -0.476. The SMILES string of the molecule is Cc1ccc(C(NC(=S)Nc2ccc(Cl)cc2)=[NH+]Cc2ccccc2)cc1. The maximum Gasteiger partial charge on any atom is 0.282 e. The standard InChI is InChI=1S/C22H20ClN3S/c1-16-7-9-18(10-8-16)21(24-15-17-5-3-2-4-6-17)26-22(27)25-20-13-11-19(23)12-14-20/h2-14H,15H2,1H3,(H2,24,25,26,27)/p+1. The Morgan fingerprint density at radius 1 is 0.926 bits per heavy atom. The first-order valence-corrected chi connectivity index (χ1v) is 9.44. The molecule has 0 heterocycles. The van der Waals surface area contributed by atoms with Gasteiger partial charge in [-0.3, -0.25) is 4.99 Å². The number of rotatable bonds is 4. The molecule has 3 nitrogen and oxygen atoms in total.